The van der Waals surface area contributed by atoms with Gasteiger partial charge in [-0.25, -0.2) is 4.79 Å². The summed E-state index contributed by atoms with van der Waals surface area (Å²) in [5.41, 5.74) is 0. The molecule has 4 atom stereocenters. The number of carbonyl (C=O) groups excluding carboxylic acids is 2. The average Bonchev–Trinajstić information content (AvgIpc) is 3.05. The summed E-state index contributed by atoms with van der Waals surface area (Å²) < 4.78 is 5.11. The van der Waals surface area contributed by atoms with Gasteiger partial charge >= 0.3 is 5.97 Å². The lowest BCUT2D eigenvalue weighted by Gasteiger charge is -2.35. The van der Waals surface area contributed by atoms with E-state index in [-0.39, 0.29) is 24.0 Å². The lowest BCUT2D eigenvalue weighted by molar-refractivity contribution is -0.154. The van der Waals surface area contributed by atoms with E-state index in [1.54, 1.807) is 11.8 Å². The van der Waals surface area contributed by atoms with Crippen molar-refractivity contribution in [1.29, 1.82) is 0 Å². The fraction of sp³-hybridized carbons (Fsp3) is 0.875. The highest BCUT2D eigenvalue weighted by Crippen LogP contribution is 2.28. The summed E-state index contributed by atoms with van der Waals surface area (Å²) in [5.74, 6) is -0.177. The summed E-state index contributed by atoms with van der Waals surface area (Å²) in [5, 5.41) is 0. The normalized spacial score (nSPS) is 31.4. The Hall–Kier alpha value is -1.10. The molecular weight excluding hydrogens is 268 g/mol. The third-order valence-corrected chi connectivity index (χ3v) is 4.92. The minimum atomic E-state index is -0.381. The summed E-state index contributed by atoms with van der Waals surface area (Å²) in [6.07, 6.45) is 3.88. The molecule has 0 N–H and O–H groups in total. The van der Waals surface area contributed by atoms with E-state index in [0.717, 1.165) is 25.7 Å². The molecule has 0 aromatic rings. The lowest BCUT2D eigenvalue weighted by atomic mass is 10.1. The van der Waals surface area contributed by atoms with Crippen molar-refractivity contribution in [2.24, 2.45) is 0 Å². The van der Waals surface area contributed by atoms with Crippen molar-refractivity contribution in [3.63, 3.8) is 0 Å². The summed E-state index contributed by atoms with van der Waals surface area (Å²) in [4.78, 5) is 28.9. The zero-order valence-corrected chi connectivity index (χ0v) is 13.7. The number of nitrogens with zero attached hydrogens (tertiary/aromatic N) is 2. The van der Waals surface area contributed by atoms with Crippen LogP contribution in [-0.2, 0) is 14.3 Å². The van der Waals surface area contributed by atoms with Crippen molar-refractivity contribution in [3.05, 3.63) is 0 Å². The van der Waals surface area contributed by atoms with Crippen LogP contribution in [0.2, 0.25) is 0 Å². The highest BCUT2D eigenvalue weighted by molar-refractivity contribution is 5.88. The summed E-state index contributed by atoms with van der Waals surface area (Å²) in [6.45, 7) is 9.17. The minimum Gasteiger partial charge on any atom is -0.464 e. The molecule has 2 heterocycles. The molecule has 21 heavy (non-hydrogen) atoms. The number of ether oxygens (including phenoxy) is 1. The highest BCUT2D eigenvalue weighted by atomic mass is 16.5. The molecule has 0 radical (unpaired) electrons. The molecule has 0 aromatic heterocycles. The first-order chi connectivity index (χ1) is 9.97. The Morgan fingerprint density at radius 3 is 2.38 bits per heavy atom. The van der Waals surface area contributed by atoms with E-state index in [2.05, 4.69) is 18.7 Å². The second kappa shape index (κ2) is 6.77. The predicted molar refractivity (Wildman–Crippen MR) is 80.8 cm³/mol. The largest absolute Gasteiger partial charge is 0.464 e. The average molecular weight is 296 g/mol. The molecule has 0 bridgehead atoms. The molecule has 2 rings (SSSR count). The van der Waals surface area contributed by atoms with E-state index in [1.807, 2.05) is 6.92 Å². The van der Waals surface area contributed by atoms with E-state index in [1.165, 1.54) is 0 Å². The molecule has 5 heteroatoms. The number of esters is 1. The van der Waals surface area contributed by atoms with Gasteiger partial charge in [0.2, 0.25) is 5.91 Å². The Labute approximate surface area is 127 Å². The lowest BCUT2D eigenvalue weighted by Crippen LogP contribution is -2.53. The Balaban J connectivity index is 2.06. The second-order valence-electron chi connectivity index (χ2n) is 6.34. The molecular formula is C16H28N2O3. The zero-order valence-electron chi connectivity index (χ0n) is 13.7. The third kappa shape index (κ3) is 3.23. The molecule has 0 spiro atoms. The molecule has 0 aromatic carbocycles. The Bertz CT molecular complexity index is 389. The molecule has 2 aliphatic rings. The molecule has 2 aliphatic heterocycles. The smallest absolute Gasteiger partial charge is 0.328 e. The molecule has 120 valence electrons. The minimum absolute atomic E-state index is 0.0751. The van der Waals surface area contributed by atoms with Gasteiger partial charge in [0.05, 0.1) is 12.6 Å². The fourth-order valence-corrected chi connectivity index (χ4v) is 3.86. The number of carbonyl (C=O) groups is 2. The van der Waals surface area contributed by atoms with Crippen LogP contribution in [0.15, 0.2) is 0 Å². The first kappa shape index (κ1) is 16.3. The fourth-order valence-electron chi connectivity index (χ4n) is 3.86. The van der Waals surface area contributed by atoms with Crippen molar-refractivity contribution >= 4 is 11.9 Å². The van der Waals surface area contributed by atoms with Crippen LogP contribution in [0.4, 0.5) is 0 Å². The van der Waals surface area contributed by atoms with Crippen LogP contribution in [0.5, 0.6) is 0 Å². The third-order valence-electron chi connectivity index (χ3n) is 4.92. The molecule has 2 fully saturated rings. The molecule has 0 aliphatic carbocycles. The quantitative estimate of drug-likeness (QED) is 0.742. The van der Waals surface area contributed by atoms with Gasteiger partial charge in [0.25, 0.3) is 0 Å². The van der Waals surface area contributed by atoms with E-state index < -0.39 is 0 Å². The van der Waals surface area contributed by atoms with Crippen molar-refractivity contribution in [1.82, 2.24) is 9.80 Å². The van der Waals surface area contributed by atoms with E-state index >= 15 is 0 Å². The maximum absolute atomic E-state index is 12.8. The molecule has 5 nitrogen and oxygen atoms in total. The Kier molecular flexibility index (Phi) is 5.25. The molecule has 2 saturated heterocycles. The van der Waals surface area contributed by atoms with Gasteiger partial charge in [0.15, 0.2) is 0 Å². The molecule has 1 amide bonds. The first-order valence-electron chi connectivity index (χ1n) is 8.21. The molecule has 0 saturated carbocycles. The van der Waals surface area contributed by atoms with Gasteiger partial charge in [-0.3, -0.25) is 9.69 Å². The van der Waals surface area contributed by atoms with Gasteiger partial charge in [0, 0.05) is 18.6 Å². The van der Waals surface area contributed by atoms with E-state index in [4.69, 9.17) is 4.74 Å². The van der Waals surface area contributed by atoms with Crippen molar-refractivity contribution in [3.8, 4) is 0 Å². The predicted octanol–water partition coefficient (Wildman–Crippen LogP) is 1.80. The van der Waals surface area contributed by atoms with Crippen LogP contribution in [-0.4, -0.2) is 59.0 Å². The Morgan fingerprint density at radius 2 is 1.81 bits per heavy atom. The number of rotatable bonds is 4. The second-order valence-corrected chi connectivity index (χ2v) is 6.34. The van der Waals surface area contributed by atoms with Crippen LogP contribution >= 0.6 is 0 Å². The van der Waals surface area contributed by atoms with Gasteiger partial charge < -0.3 is 9.64 Å². The van der Waals surface area contributed by atoms with Gasteiger partial charge in [-0.1, -0.05) is 0 Å². The maximum Gasteiger partial charge on any atom is 0.328 e. The summed E-state index contributed by atoms with van der Waals surface area (Å²) in [7, 11) is 0. The maximum atomic E-state index is 12.8. The van der Waals surface area contributed by atoms with Crippen LogP contribution in [0.3, 0.4) is 0 Å². The van der Waals surface area contributed by atoms with E-state index in [9.17, 15) is 9.59 Å². The topological polar surface area (TPSA) is 49.9 Å². The van der Waals surface area contributed by atoms with Crippen LogP contribution in [0.25, 0.3) is 0 Å². The van der Waals surface area contributed by atoms with Gasteiger partial charge in [-0.2, -0.15) is 0 Å². The zero-order chi connectivity index (χ0) is 15.6. The monoisotopic (exact) mass is 296 g/mol. The number of hydrogen-bond acceptors (Lipinski definition) is 4. The van der Waals surface area contributed by atoms with Gasteiger partial charge in [-0.15, -0.1) is 0 Å². The standard InChI is InChI=1S/C16H28N2O3/c1-5-21-16(20)14-7-6-10-17(14)15(19)13(4)18-11(2)8-9-12(18)3/h11-14H,5-10H2,1-4H3. The highest BCUT2D eigenvalue weighted by Gasteiger charge is 2.41. The SMILES string of the molecule is CCOC(=O)C1CCCN1C(=O)C(C)N1C(C)CCC1C. The summed E-state index contributed by atoms with van der Waals surface area (Å²) in [6, 6.07) is 0.325. The number of hydrogen-bond donors (Lipinski definition) is 0. The van der Waals surface area contributed by atoms with Crippen LogP contribution in [0.1, 0.15) is 53.4 Å². The molecule has 4 unspecified atom stereocenters. The van der Waals surface area contributed by atoms with Gasteiger partial charge in [0.1, 0.15) is 6.04 Å². The Morgan fingerprint density at radius 1 is 1.19 bits per heavy atom. The first-order valence-corrected chi connectivity index (χ1v) is 8.21. The van der Waals surface area contributed by atoms with Crippen molar-refractivity contribution in [2.75, 3.05) is 13.2 Å². The van der Waals surface area contributed by atoms with Crippen LogP contribution < -0.4 is 0 Å². The number of amides is 1. The van der Waals surface area contributed by atoms with Crippen molar-refractivity contribution in [2.45, 2.75) is 77.5 Å². The summed E-state index contributed by atoms with van der Waals surface area (Å²) >= 11 is 0. The van der Waals surface area contributed by atoms with E-state index in [0.29, 0.717) is 25.2 Å². The van der Waals surface area contributed by atoms with Crippen LogP contribution in [0, 0.1) is 0 Å². The van der Waals surface area contributed by atoms with Gasteiger partial charge in [-0.05, 0) is 53.4 Å². The van der Waals surface area contributed by atoms with Crippen molar-refractivity contribution < 1.29 is 14.3 Å². The number of likely N-dealkylation sites (tertiary alicyclic amines) is 2.